The summed E-state index contributed by atoms with van der Waals surface area (Å²) in [7, 11) is 0. The minimum Gasteiger partial charge on any atom is -0.297 e. The Kier molecular flexibility index (Phi) is 4.32. The van der Waals surface area contributed by atoms with Gasteiger partial charge in [-0.25, -0.2) is 0 Å². The number of hydrogen-bond donors (Lipinski definition) is 0. The number of Topliss-reactive ketones (excluding diaryl/α,β-unsaturated/α-hetero) is 1. The summed E-state index contributed by atoms with van der Waals surface area (Å²) in [5, 5.41) is 0. The molecule has 0 unspecified atom stereocenters. The van der Waals surface area contributed by atoms with Crippen LogP contribution in [0.2, 0.25) is 0 Å². The Hall–Kier alpha value is -1.89. The van der Waals surface area contributed by atoms with E-state index < -0.39 is 29.8 Å². The molecule has 7 heteroatoms. The lowest BCUT2D eigenvalue weighted by Gasteiger charge is -2.14. The second kappa shape index (κ2) is 5.85. The fraction of sp³-hybridized carbons (Fsp3) is 0.143. The van der Waals surface area contributed by atoms with Crippen molar-refractivity contribution in [3.63, 3.8) is 0 Å². The molecule has 110 valence electrons. The average molecular weight is 360 g/mol. The minimum atomic E-state index is -4.69. The van der Waals surface area contributed by atoms with Crippen LogP contribution in [-0.4, -0.2) is 10.4 Å². The van der Waals surface area contributed by atoms with Gasteiger partial charge in [0.1, 0.15) is 5.69 Å². The summed E-state index contributed by atoms with van der Waals surface area (Å²) >= 11 is 3.20. The molecule has 0 saturated heterocycles. The van der Waals surface area contributed by atoms with Gasteiger partial charge in [-0.05, 0) is 18.2 Å². The molecular formula is C14H9BrF3NO2. The monoisotopic (exact) mass is 359 g/mol. The molecule has 0 radical (unpaired) electrons. The number of alkyl halides is 3. The molecule has 2 rings (SSSR count). The molecule has 3 nitrogen and oxygen atoms in total. The molecule has 1 heterocycles. The molecule has 0 bridgehead atoms. The van der Waals surface area contributed by atoms with Gasteiger partial charge >= 0.3 is 6.18 Å². The van der Waals surface area contributed by atoms with Gasteiger partial charge < -0.3 is 0 Å². The third-order valence-electron chi connectivity index (χ3n) is 2.81. The maximum absolute atomic E-state index is 12.9. The summed E-state index contributed by atoms with van der Waals surface area (Å²) < 4.78 is 39.7. The maximum Gasteiger partial charge on any atom is 0.431 e. The first-order chi connectivity index (χ1) is 9.79. The van der Waals surface area contributed by atoms with Crippen molar-refractivity contribution < 1.29 is 18.0 Å². The zero-order valence-corrected chi connectivity index (χ0v) is 12.1. The van der Waals surface area contributed by atoms with Crippen LogP contribution in [0.4, 0.5) is 13.2 Å². The summed E-state index contributed by atoms with van der Waals surface area (Å²) in [6, 6.07) is 8.95. The molecule has 0 N–H and O–H groups in total. The van der Waals surface area contributed by atoms with Crippen LogP contribution < -0.4 is 5.56 Å². The largest absolute Gasteiger partial charge is 0.431 e. The summed E-state index contributed by atoms with van der Waals surface area (Å²) in [6.45, 7) is -0.657. The van der Waals surface area contributed by atoms with Gasteiger partial charge in [-0.1, -0.05) is 34.1 Å². The predicted molar refractivity (Wildman–Crippen MR) is 74.2 cm³/mol. The molecule has 0 aliphatic carbocycles. The molecule has 0 fully saturated rings. The van der Waals surface area contributed by atoms with E-state index in [9.17, 15) is 22.8 Å². The smallest absolute Gasteiger partial charge is 0.297 e. The standard InChI is InChI=1S/C14H9BrF3NO2/c15-10-6-4-9(5-7-10)11(20)8-19-12(14(16,17)18)2-1-3-13(19)21/h1-7H,8H2. The maximum atomic E-state index is 12.9. The number of hydrogen-bond acceptors (Lipinski definition) is 2. The summed E-state index contributed by atoms with van der Waals surface area (Å²) in [5.41, 5.74) is -1.77. The molecule has 0 saturated carbocycles. The Morgan fingerprint density at radius 2 is 1.71 bits per heavy atom. The molecule has 1 aromatic heterocycles. The Bertz CT molecular complexity index is 720. The van der Waals surface area contributed by atoms with Crippen molar-refractivity contribution in [3.05, 3.63) is 68.5 Å². The number of carbonyl (C=O) groups excluding carboxylic acids is 1. The first-order valence-corrected chi connectivity index (χ1v) is 6.64. The lowest BCUT2D eigenvalue weighted by atomic mass is 10.1. The van der Waals surface area contributed by atoms with Crippen LogP contribution in [-0.2, 0) is 12.7 Å². The SMILES string of the molecule is O=C(Cn1c(C(F)(F)F)cccc1=O)c1ccc(Br)cc1. The predicted octanol–water partition coefficient (Wildman–Crippen LogP) is 3.51. The quantitative estimate of drug-likeness (QED) is 0.786. The van der Waals surface area contributed by atoms with Crippen molar-refractivity contribution >= 4 is 21.7 Å². The second-order valence-corrected chi connectivity index (χ2v) is 5.18. The highest BCUT2D eigenvalue weighted by Crippen LogP contribution is 2.28. The highest BCUT2D eigenvalue weighted by Gasteiger charge is 2.34. The Morgan fingerprint density at radius 3 is 2.29 bits per heavy atom. The zero-order valence-electron chi connectivity index (χ0n) is 10.5. The molecular weight excluding hydrogens is 351 g/mol. The van der Waals surface area contributed by atoms with Gasteiger partial charge in [0.05, 0.1) is 6.54 Å². The van der Waals surface area contributed by atoms with E-state index in [2.05, 4.69) is 15.9 Å². The average Bonchev–Trinajstić information content (AvgIpc) is 2.40. The third-order valence-corrected chi connectivity index (χ3v) is 3.34. The van der Waals surface area contributed by atoms with Gasteiger partial charge in [0.25, 0.3) is 5.56 Å². The van der Waals surface area contributed by atoms with E-state index in [4.69, 9.17) is 0 Å². The van der Waals surface area contributed by atoms with Gasteiger partial charge in [-0.2, -0.15) is 13.2 Å². The minimum absolute atomic E-state index is 0.238. The molecule has 2 aromatic rings. The number of pyridine rings is 1. The van der Waals surface area contributed by atoms with Crippen LogP contribution in [0.3, 0.4) is 0 Å². The second-order valence-electron chi connectivity index (χ2n) is 4.26. The van der Waals surface area contributed by atoms with Crippen LogP contribution in [0.1, 0.15) is 16.1 Å². The summed E-state index contributed by atoms with van der Waals surface area (Å²) in [5.74, 6) is -0.568. The van der Waals surface area contributed by atoms with Crippen molar-refractivity contribution in [3.8, 4) is 0 Å². The van der Waals surface area contributed by atoms with Crippen molar-refractivity contribution in [2.24, 2.45) is 0 Å². The lowest BCUT2D eigenvalue weighted by Crippen LogP contribution is -2.30. The number of carbonyl (C=O) groups is 1. The van der Waals surface area contributed by atoms with Crippen LogP contribution in [0, 0.1) is 0 Å². The van der Waals surface area contributed by atoms with Gasteiger partial charge in [-0.15, -0.1) is 0 Å². The summed E-state index contributed by atoms with van der Waals surface area (Å²) in [6.07, 6.45) is -4.69. The molecule has 0 aliphatic rings. The number of nitrogens with zero attached hydrogens (tertiary/aromatic N) is 1. The number of benzene rings is 1. The Labute approximate surface area is 126 Å². The van der Waals surface area contributed by atoms with Crippen molar-refractivity contribution in [2.45, 2.75) is 12.7 Å². The molecule has 1 aromatic carbocycles. The molecule has 0 aliphatic heterocycles. The molecule has 0 spiro atoms. The van der Waals surface area contributed by atoms with Gasteiger partial charge in [0.15, 0.2) is 5.78 Å². The summed E-state index contributed by atoms with van der Waals surface area (Å²) in [4.78, 5) is 23.6. The molecule has 0 atom stereocenters. The van der Waals surface area contributed by atoms with Gasteiger partial charge in [0, 0.05) is 16.1 Å². The van der Waals surface area contributed by atoms with Crippen LogP contribution in [0.5, 0.6) is 0 Å². The van der Waals surface area contributed by atoms with E-state index in [0.717, 1.165) is 22.7 Å². The lowest BCUT2D eigenvalue weighted by molar-refractivity contribution is -0.144. The Balaban J connectivity index is 2.38. The fourth-order valence-electron chi connectivity index (χ4n) is 1.80. The van der Waals surface area contributed by atoms with Gasteiger partial charge in [-0.3, -0.25) is 14.2 Å². The number of rotatable bonds is 3. The van der Waals surface area contributed by atoms with E-state index >= 15 is 0 Å². The van der Waals surface area contributed by atoms with Gasteiger partial charge in [0.2, 0.25) is 0 Å². The van der Waals surface area contributed by atoms with E-state index in [-0.39, 0.29) is 5.56 Å². The van der Waals surface area contributed by atoms with Crippen molar-refractivity contribution in [1.82, 2.24) is 4.57 Å². The van der Waals surface area contributed by atoms with Crippen molar-refractivity contribution in [1.29, 1.82) is 0 Å². The van der Waals surface area contributed by atoms with E-state index in [1.54, 1.807) is 12.1 Å². The van der Waals surface area contributed by atoms with Crippen molar-refractivity contribution in [2.75, 3.05) is 0 Å². The fourth-order valence-corrected chi connectivity index (χ4v) is 2.07. The van der Waals surface area contributed by atoms with Crippen LogP contribution in [0.25, 0.3) is 0 Å². The van der Waals surface area contributed by atoms with Crippen LogP contribution in [0.15, 0.2) is 51.7 Å². The Morgan fingerprint density at radius 1 is 1.10 bits per heavy atom. The first kappa shape index (κ1) is 15.5. The first-order valence-electron chi connectivity index (χ1n) is 5.85. The van der Waals surface area contributed by atoms with Crippen LogP contribution >= 0.6 is 15.9 Å². The topological polar surface area (TPSA) is 39.1 Å². The highest BCUT2D eigenvalue weighted by atomic mass is 79.9. The third kappa shape index (κ3) is 3.60. The van der Waals surface area contributed by atoms with E-state index in [0.29, 0.717) is 4.57 Å². The number of aromatic nitrogens is 1. The molecule has 21 heavy (non-hydrogen) atoms. The number of ketones is 1. The zero-order chi connectivity index (χ0) is 15.6. The number of halogens is 4. The normalized spacial score (nSPS) is 11.4. The molecule has 0 amide bonds. The van der Waals surface area contributed by atoms with E-state index in [1.807, 2.05) is 0 Å². The highest BCUT2D eigenvalue weighted by molar-refractivity contribution is 9.10. The van der Waals surface area contributed by atoms with E-state index in [1.165, 1.54) is 12.1 Å².